The van der Waals surface area contributed by atoms with Gasteiger partial charge in [-0.2, -0.15) is 0 Å². The number of carbonyl (C=O) groups is 1. The van der Waals surface area contributed by atoms with Gasteiger partial charge in [0.2, 0.25) is 0 Å². The molecule has 0 saturated heterocycles. The molecule has 0 amide bonds. The minimum absolute atomic E-state index is 0.0210. The lowest BCUT2D eigenvalue weighted by atomic mass is 10.3. The van der Waals surface area contributed by atoms with Gasteiger partial charge in [0.15, 0.2) is 11.5 Å². The monoisotopic (exact) mass is 294 g/mol. The van der Waals surface area contributed by atoms with Crippen LogP contribution in [0.15, 0.2) is 30.3 Å². The van der Waals surface area contributed by atoms with Crippen LogP contribution in [0.4, 0.5) is 0 Å². The van der Waals surface area contributed by atoms with Gasteiger partial charge < -0.3 is 14.6 Å². The van der Waals surface area contributed by atoms with Crippen molar-refractivity contribution < 1.29 is 19.4 Å². The number of hydrogen-bond acceptors (Lipinski definition) is 5. The first-order valence-corrected chi connectivity index (χ1v) is 6.00. The van der Waals surface area contributed by atoms with Crippen LogP contribution in [0.3, 0.4) is 0 Å². The number of carboxylic acids is 1. The van der Waals surface area contributed by atoms with Gasteiger partial charge in [-0.25, -0.2) is 14.8 Å². The molecule has 0 radical (unpaired) electrons. The van der Waals surface area contributed by atoms with Gasteiger partial charge in [0, 0.05) is 6.07 Å². The fourth-order valence-electron chi connectivity index (χ4n) is 1.46. The Hall–Kier alpha value is -2.34. The Morgan fingerprint density at radius 2 is 1.90 bits per heavy atom. The highest BCUT2D eigenvalue weighted by Gasteiger charge is 2.10. The Bertz CT molecular complexity index is 616. The van der Waals surface area contributed by atoms with E-state index in [-0.39, 0.29) is 23.3 Å². The Balaban J connectivity index is 2.08. The molecule has 2 rings (SSSR count). The van der Waals surface area contributed by atoms with Crippen molar-refractivity contribution in [3.8, 4) is 11.5 Å². The van der Waals surface area contributed by atoms with Crippen LogP contribution < -0.4 is 9.47 Å². The number of nitrogens with zero attached hydrogens (tertiary/aromatic N) is 2. The molecule has 20 heavy (non-hydrogen) atoms. The van der Waals surface area contributed by atoms with E-state index in [4.69, 9.17) is 26.2 Å². The normalized spacial score (nSPS) is 10.1. The summed E-state index contributed by atoms with van der Waals surface area (Å²) in [7, 11) is 1.57. The summed E-state index contributed by atoms with van der Waals surface area (Å²) in [4.78, 5) is 18.6. The zero-order valence-electron chi connectivity index (χ0n) is 10.5. The molecule has 104 valence electrons. The molecule has 0 fully saturated rings. The molecule has 0 aliphatic carbocycles. The highest BCUT2D eigenvalue weighted by Crippen LogP contribution is 2.18. The van der Waals surface area contributed by atoms with Crippen molar-refractivity contribution in [1.29, 1.82) is 0 Å². The number of benzene rings is 1. The average molecular weight is 295 g/mol. The van der Waals surface area contributed by atoms with E-state index in [0.29, 0.717) is 11.5 Å². The molecule has 1 N–H and O–H groups in total. The van der Waals surface area contributed by atoms with Crippen LogP contribution in [0, 0.1) is 0 Å². The first kappa shape index (κ1) is 14.1. The van der Waals surface area contributed by atoms with E-state index in [1.807, 2.05) is 0 Å². The van der Waals surface area contributed by atoms with Crippen LogP contribution in [-0.2, 0) is 6.61 Å². The van der Waals surface area contributed by atoms with E-state index in [2.05, 4.69) is 9.97 Å². The number of halogens is 1. The van der Waals surface area contributed by atoms with Crippen LogP contribution in [0.1, 0.15) is 16.3 Å². The third-order valence-corrected chi connectivity index (χ3v) is 2.58. The van der Waals surface area contributed by atoms with Gasteiger partial charge in [-0.05, 0) is 24.3 Å². The summed E-state index contributed by atoms with van der Waals surface area (Å²) in [6.07, 6.45) is 0. The topological polar surface area (TPSA) is 81.5 Å². The van der Waals surface area contributed by atoms with Crippen molar-refractivity contribution >= 4 is 17.6 Å². The number of hydrogen-bond donors (Lipinski definition) is 1. The quantitative estimate of drug-likeness (QED) is 0.853. The van der Waals surface area contributed by atoms with E-state index < -0.39 is 5.97 Å². The van der Waals surface area contributed by atoms with Crippen LogP contribution >= 0.6 is 11.6 Å². The smallest absolute Gasteiger partial charge is 0.354 e. The minimum Gasteiger partial charge on any atom is -0.497 e. The Morgan fingerprint density at radius 1 is 1.25 bits per heavy atom. The third kappa shape index (κ3) is 3.58. The molecule has 0 bridgehead atoms. The standard InChI is InChI=1S/C13H11ClN2O4/c1-19-8-2-4-9(5-3-8)20-7-12-15-10(13(17)18)6-11(14)16-12/h2-6H,7H2,1H3,(H,17,18). The largest absolute Gasteiger partial charge is 0.497 e. The van der Waals surface area contributed by atoms with Gasteiger partial charge in [-0.15, -0.1) is 0 Å². The fraction of sp³-hybridized carbons (Fsp3) is 0.154. The first-order valence-electron chi connectivity index (χ1n) is 5.62. The van der Waals surface area contributed by atoms with E-state index in [1.165, 1.54) is 6.07 Å². The molecule has 0 atom stereocenters. The molecule has 1 aromatic carbocycles. The number of aromatic nitrogens is 2. The summed E-state index contributed by atoms with van der Waals surface area (Å²) in [5.41, 5.74) is -0.168. The Kier molecular flexibility index (Phi) is 4.37. The maximum absolute atomic E-state index is 10.8. The second-order valence-corrected chi connectivity index (χ2v) is 4.15. The number of carboxylic acid groups (broad SMARTS) is 1. The number of ether oxygens (including phenoxy) is 2. The van der Waals surface area contributed by atoms with Crippen LogP contribution in [0.2, 0.25) is 5.15 Å². The van der Waals surface area contributed by atoms with Crippen molar-refractivity contribution in [3.05, 3.63) is 47.0 Å². The fourth-order valence-corrected chi connectivity index (χ4v) is 1.66. The summed E-state index contributed by atoms with van der Waals surface area (Å²) in [5, 5.41) is 8.93. The van der Waals surface area contributed by atoms with Crippen molar-refractivity contribution in [2.45, 2.75) is 6.61 Å². The summed E-state index contributed by atoms with van der Waals surface area (Å²) in [6, 6.07) is 8.12. The molecule has 2 aromatic rings. The summed E-state index contributed by atoms with van der Waals surface area (Å²) in [6.45, 7) is 0.0210. The minimum atomic E-state index is -1.17. The van der Waals surface area contributed by atoms with Crippen LogP contribution in [-0.4, -0.2) is 28.2 Å². The van der Waals surface area contributed by atoms with Gasteiger partial charge in [-0.3, -0.25) is 0 Å². The molecule has 0 aliphatic rings. The number of aromatic carboxylic acids is 1. The highest BCUT2D eigenvalue weighted by atomic mass is 35.5. The molecule has 0 spiro atoms. The van der Waals surface area contributed by atoms with Crippen molar-refractivity contribution in [3.63, 3.8) is 0 Å². The summed E-state index contributed by atoms with van der Waals surface area (Å²) >= 11 is 5.73. The van der Waals surface area contributed by atoms with Crippen LogP contribution in [0.5, 0.6) is 11.5 Å². The van der Waals surface area contributed by atoms with Gasteiger partial charge in [0.1, 0.15) is 23.3 Å². The molecule has 0 saturated carbocycles. The molecule has 1 heterocycles. The molecular formula is C13H11ClN2O4. The van der Waals surface area contributed by atoms with Gasteiger partial charge in [0.05, 0.1) is 7.11 Å². The number of rotatable bonds is 5. The van der Waals surface area contributed by atoms with E-state index in [0.717, 1.165) is 0 Å². The second-order valence-electron chi connectivity index (χ2n) is 3.76. The predicted molar refractivity (Wildman–Crippen MR) is 71.3 cm³/mol. The van der Waals surface area contributed by atoms with Crippen molar-refractivity contribution in [1.82, 2.24) is 9.97 Å². The molecular weight excluding hydrogens is 284 g/mol. The second kappa shape index (κ2) is 6.21. The maximum Gasteiger partial charge on any atom is 0.354 e. The van der Waals surface area contributed by atoms with Gasteiger partial charge in [0.25, 0.3) is 0 Å². The predicted octanol–water partition coefficient (Wildman–Crippen LogP) is 2.42. The van der Waals surface area contributed by atoms with E-state index in [9.17, 15) is 4.79 Å². The summed E-state index contributed by atoms with van der Waals surface area (Å²) < 4.78 is 10.5. The maximum atomic E-state index is 10.8. The summed E-state index contributed by atoms with van der Waals surface area (Å²) in [5.74, 6) is 0.335. The average Bonchev–Trinajstić information content (AvgIpc) is 2.45. The molecule has 0 unspecified atom stereocenters. The van der Waals surface area contributed by atoms with E-state index >= 15 is 0 Å². The lowest BCUT2D eigenvalue weighted by molar-refractivity contribution is 0.0689. The lowest BCUT2D eigenvalue weighted by Gasteiger charge is -2.07. The highest BCUT2D eigenvalue weighted by molar-refractivity contribution is 6.29. The molecule has 6 nitrogen and oxygen atoms in total. The lowest BCUT2D eigenvalue weighted by Crippen LogP contribution is -2.08. The SMILES string of the molecule is COc1ccc(OCc2nc(Cl)cc(C(=O)O)n2)cc1. The van der Waals surface area contributed by atoms with Gasteiger partial charge >= 0.3 is 5.97 Å². The third-order valence-electron chi connectivity index (χ3n) is 2.39. The number of methoxy groups -OCH3 is 1. The van der Waals surface area contributed by atoms with Gasteiger partial charge in [-0.1, -0.05) is 11.6 Å². The van der Waals surface area contributed by atoms with Crippen molar-refractivity contribution in [2.75, 3.05) is 7.11 Å². The van der Waals surface area contributed by atoms with Crippen LogP contribution in [0.25, 0.3) is 0 Å². The first-order chi connectivity index (χ1) is 9.58. The van der Waals surface area contributed by atoms with E-state index in [1.54, 1.807) is 31.4 Å². The molecule has 1 aromatic heterocycles. The zero-order chi connectivity index (χ0) is 14.5. The molecule has 7 heteroatoms. The Labute approximate surface area is 120 Å². The van der Waals surface area contributed by atoms with Crippen molar-refractivity contribution in [2.24, 2.45) is 0 Å². The zero-order valence-corrected chi connectivity index (χ0v) is 11.3. The molecule has 0 aliphatic heterocycles. The Morgan fingerprint density at radius 3 is 2.50 bits per heavy atom.